The number of anilines is 1. The Kier molecular flexibility index (Phi) is 7.41. The number of carbonyl (C=O) groups excluding carboxylic acids is 2. The van der Waals surface area contributed by atoms with Crippen molar-refractivity contribution in [3.63, 3.8) is 0 Å². The van der Waals surface area contributed by atoms with Crippen LogP contribution in [0, 0.1) is 13.8 Å². The summed E-state index contributed by atoms with van der Waals surface area (Å²) in [6, 6.07) is 25.7. The first-order valence-corrected chi connectivity index (χ1v) is 11.8. The van der Waals surface area contributed by atoms with Crippen LogP contribution in [0.5, 0.6) is 0 Å². The Morgan fingerprint density at radius 3 is 2.26 bits per heavy atom. The third-order valence-electron chi connectivity index (χ3n) is 6.00. The Morgan fingerprint density at radius 2 is 1.60 bits per heavy atom. The van der Waals surface area contributed by atoms with Gasteiger partial charge in [-0.25, -0.2) is 4.98 Å². The highest BCUT2D eigenvalue weighted by Gasteiger charge is 2.19. The summed E-state index contributed by atoms with van der Waals surface area (Å²) in [6.45, 7) is 6.25. The molecule has 0 saturated heterocycles. The molecule has 0 saturated carbocycles. The maximum Gasteiger partial charge on any atom is 0.246 e. The zero-order chi connectivity index (χ0) is 24.8. The maximum absolute atomic E-state index is 13.1. The molecule has 6 nitrogen and oxygen atoms in total. The van der Waals surface area contributed by atoms with E-state index < -0.39 is 0 Å². The second-order valence-electron chi connectivity index (χ2n) is 8.59. The monoisotopic (exact) mass is 466 g/mol. The number of benzene rings is 3. The van der Waals surface area contributed by atoms with Crippen LogP contribution in [-0.4, -0.2) is 32.8 Å². The molecule has 4 aromatic rings. The van der Waals surface area contributed by atoms with Crippen LogP contribution in [0.25, 0.3) is 16.9 Å². The Labute approximate surface area is 206 Å². The molecule has 1 heterocycles. The molecule has 35 heavy (non-hydrogen) atoms. The van der Waals surface area contributed by atoms with Crippen LogP contribution in [0.15, 0.2) is 85.1 Å². The van der Waals surface area contributed by atoms with E-state index in [0.29, 0.717) is 18.9 Å². The van der Waals surface area contributed by atoms with Crippen molar-refractivity contribution in [2.24, 2.45) is 0 Å². The van der Waals surface area contributed by atoms with E-state index in [2.05, 4.69) is 31.3 Å². The van der Waals surface area contributed by atoms with E-state index in [9.17, 15) is 9.59 Å². The molecule has 0 radical (unpaired) electrons. The summed E-state index contributed by atoms with van der Waals surface area (Å²) in [6.07, 6.45) is 2.25. The molecule has 1 aromatic heterocycles. The Balaban J connectivity index is 1.62. The molecule has 178 valence electrons. The molecule has 3 aromatic carbocycles. The summed E-state index contributed by atoms with van der Waals surface area (Å²) in [5, 5.41) is 2.95. The van der Waals surface area contributed by atoms with Gasteiger partial charge in [0.15, 0.2) is 0 Å². The van der Waals surface area contributed by atoms with Crippen LogP contribution in [0.4, 0.5) is 5.95 Å². The standard InChI is InChI=1S/C29H30N4O2/c1-4-28(35)32(18-23-11-7-5-8-12-23)20-27(34)31-29-30-26(24-13-9-6-10-14-24)19-33(29)25-16-15-21(2)22(3)17-25/h5-17,19H,4,18,20H2,1-3H3,(H,30,31,34). The fourth-order valence-corrected chi connectivity index (χ4v) is 3.89. The Bertz CT molecular complexity index is 1310. The second-order valence-corrected chi connectivity index (χ2v) is 8.59. The number of carbonyl (C=O) groups is 2. The van der Waals surface area contributed by atoms with Gasteiger partial charge in [-0.05, 0) is 42.7 Å². The van der Waals surface area contributed by atoms with Crippen LogP contribution in [0.1, 0.15) is 30.0 Å². The summed E-state index contributed by atoms with van der Waals surface area (Å²) in [4.78, 5) is 32.0. The van der Waals surface area contributed by atoms with Gasteiger partial charge in [-0.3, -0.25) is 19.5 Å². The van der Waals surface area contributed by atoms with Gasteiger partial charge in [0.1, 0.15) is 6.54 Å². The molecule has 6 heteroatoms. The van der Waals surface area contributed by atoms with Crippen LogP contribution in [-0.2, 0) is 16.1 Å². The lowest BCUT2D eigenvalue weighted by atomic mass is 10.1. The van der Waals surface area contributed by atoms with Crippen LogP contribution >= 0.6 is 0 Å². The van der Waals surface area contributed by atoms with E-state index in [4.69, 9.17) is 4.98 Å². The highest BCUT2D eigenvalue weighted by atomic mass is 16.2. The summed E-state index contributed by atoms with van der Waals surface area (Å²) >= 11 is 0. The third kappa shape index (κ3) is 5.84. The van der Waals surface area contributed by atoms with Crippen molar-refractivity contribution < 1.29 is 9.59 Å². The number of aryl methyl sites for hydroxylation is 2. The van der Waals surface area contributed by atoms with Gasteiger partial charge >= 0.3 is 0 Å². The average molecular weight is 467 g/mol. The smallest absolute Gasteiger partial charge is 0.246 e. The summed E-state index contributed by atoms with van der Waals surface area (Å²) in [7, 11) is 0. The first kappa shape index (κ1) is 24.0. The molecule has 0 unspecified atom stereocenters. The maximum atomic E-state index is 13.1. The van der Waals surface area contributed by atoms with Gasteiger partial charge in [-0.2, -0.15) is 0 Å². The third-order valence-corrected chi connectivity index (χ3v) is 6.00. The van der Waals surface area contributed by atoms with Crippen molar-refractivity contribution in [2.45, 2.75) is 33.7 Å². The average Bonchev–Trinajstić information content (AvgIpc) is 3.29. The van der Waals surface area contributed by atoms with Crippen molar-refractivity contribution >= 4 is 17.8 Å². The van der Waals surface area contributed by atoms with Crippen molar-refractivity contribution in [1.82, 2.24) is 14.5 Å². The topological polar surface area (TPSA) is 67.2 Å². The normalized spacial score (nSPS) is 10.7. The molecule has 0 atom stereocenters. The highest BCUT2D eigenvalue weighted by Crippen LogP contribution is 2.25. The predicted molar refractivity (Wildman–Crippen MR) is 139 cm³/mol. The summed E-state index contributed by atoms with van der Waals surface area (Å²) in [5.41, 5.74) is 5.94. The number of hydrogen-bond acceptors (Lipinski definition) is 3. The number of imidazole rings is 1. The SMILES string of the molecule is CCC(=O)N(CC(=O)Nc1nc(-c2ccccc2)cn1-c1ccc(C)c(C)c1)Cc1ccccc1. The number of hydrogen-bond donors (Lipinski definition) is 1. The largest absolute Gasteiger partial charge is 0.329 e. The van der Waals surface area contributed by atoms with Crippen molar-refractivity contribution in [1.29, 1.82) is 0 Å². The molecule has 0 aliphatic carbocycles. The number of nitrogens with zero attached hydrogens (tertiary/aromatic N) is 3. The summed E-state index contributed by atoms with van der Waals surface area (Å²) < 4.78 is 1.88. The predicted octanol–water partition coefficient (Wildman–Crippen LogP) is 5.53. The zero-order valence-electron chi connectivity index (χ0n) is 20.4. The minimum absolute atomic E-state index is 0.0535. The van der Waals surface area contributed by atoms with E-state index >= 15 is 0 Å². The molecule has 4 rings (SSSR count). The van der Waals surface area contributed by atoms with E-state index in [1.807, 2.05) is 77.5 Å². The fourth-order valence-electron chi connectivity index (χ4n) is 3.89. The number of amides is 2. The second kappa shape index (κ2) is 10.8. The molecular formula is C29H30N4O2. The van der Waals surface area contributed by atoms with Gasteiger partial charge in [0.25, 0.3) is 0 Å². The lowest BCUT2D eigenvalue weighted by Gasteiger charge is -2.22. The lowest BCUT2D eigenvalue weighted by molar-refractivity contribution is -0.135. The van der Waals surface area contributed by atoms with Crippen molar-refractivity contribution in [2.75, 3.05) is 11.9 Å². The highest BCUT2D eigenvalue weighted by molar-refractivity contribution is 5.93. The Hall–Kier alpha value is -4.19. The van der Waals surface area contributed by atoms with E-state index in [-0.39, 0.29) is 18.4 Å². The minimum atomic E-state index is -0.293. The molecule has 0 bridgehead atoms. The lowest BCUT2D eigenvalue weighted by Crippen LogP contribution is -2.37. The minimum Gasteiger partial charge on any atom is -0.329 e. The van der Waals surface area contributed by atoms with E-state index in [1.54, 1.807) is 11.8 Å². The molecule has 0 spiro atoms. The van der Waals surface area contributed by atoms with Gasteiger partial charge < -0.3 is 4.90 Å². The van der Waals surface area contributed by atoms with Gasteiger partial charge in [-0.15, -0.1) is 0 Å². The molecule has 0 aliphatic heterocycles. The number of nitrogens with one attached hydrogen (secondary N) is 1. The first-order valence-electron chi connectivity index (χ1n) is 11.8. The van der Waals surface area contributed by atoms with Crippen molar-refractivity contribution in [3.05, 3.63) is 102 Å². The molecule has 0 fully saturated rings. The number of aromatic nitrogens is 2. The van der Waals surface area contributed by atoms with Crippen LogP contribution in [0.2, 0.25) is 0 Å². The molecular weight excluding hydrogens is 436 g/mol. The van der Waals surface area contributed by atoms with Crippen molar-refractivity contribution in [3.8, 4) is 16.9 Å². The van der Waals surface area contributed by atoms with Crippen LogP contribution in [0.3, 0.4) is 0 Å². The number of rotatable bonds is 8. The van der Waals surface area contributed by atoms with Gasteiger partial charge in [0.2, 0.25) is 17.8 Å². The van der Waals surface area contributed by atoms with Gasteiger partial charge in [-0.1, -0.05) is 73.7 Å². The van der Waals surface area contributed by atoms with E-state index in [1.165, 1.54) is 5.56 Å². The summed E-state index contributed by atoms with van der Waals surface area (Å²) in [5.74, 6) is 0.0465. The Morgan fingerprint density at radius 1 is 0.914 bits per heavy atom. The van der Waals surface area contributed by atoms with Gasteiger partial charge in [0, 0.05) is 30.4 Å². The molecule has 2 amide bonds. The fraction of sp³-hybridized carbons (Fsp3) is 0.207. The first-order chi connectivity index (χ1) is 16.9. The quantitative estimate of drug-likeness (QED) is 0.371. The van der Waals surface area contributed by atoms with Crippen LogP contribution < -0.4 is 5.32 Å². The van der Waals surface area contributed by atoms with Gasteiger partial charge in [0.05, 0.1) is 5.69 Å². The molecule has 1 N–H and O–H groups in total. The molecule has 0 aliphatic rings. The zero-order valence-corrected chi connectivity index (χ0v) is 20.4. The van der Waals surface area contributed by atoms with E-state index in [0.717, 1.165) is 28.1 Å².